The van der Waals surface area contributed by atoms with Gasteiger partial charge >= 0.3 is 0 Å². The molecule has 1 amide bonds. The van der Waals surface area contributed by atoms with E-state index in [1.807, 2.05) is 0 Å². The summed E-state index contributed by atoms with van der Waals surface area (Å²) in [5.41, 5.74) is 0.424. The van der Waals surface area contributed by atoms with Crippen LogP contribution in [0.15, 0.2) is 12.3 Å². The van der Waals surface area contributed by atoms with E-state index in [-0.39, 0.29) is 12.0 Å². The highest BCUT2D eigenvalue weighted by Gasteiger charge is 2.30. The van der Waals surface area contributed by atoms with Gasteiger partial charge in [-0.3, -0.25) is 4.79 Å². The average molecular weight is 263 g/mol. The van der Waals surface area contributed by atoms with Crippen molar-refractivity contribution in [2.45, 2.75) is 33.3 Å². The number of ether oxygens (including phenoxy) is 1. The Morgan fingerprint density at radius 3 is 3.05 bits per heavy atom. The predicted octanol–water partition coefficient (Wildman–Crippen LogP) is 1.58. The molecule has 2 rings (SSSR count). The fourth-order valence-electron chi connectivity index (χ4n) is 2.51. The number of carbonyl (C=O) groups is 1. The molecule has 0 spiro atoms. The molecule has 5 nitrogen and oxygen atoms in total. The van der Waals surface area contributed by atoms with Gasteiger partial charge in [0.25, 0.3) is 5.91 Å². The minimum absolute atomic E-state index is 0.139. The molecule has 0 saturated carbocycles. The van der Waals surface area contributed by atoms with Crippen molar-refractivity contribution in [2.75, 3.05) is 13.2 Å². The van der Waals surface area contributed by atoms with E-state index in [1.165, 1.54) is 0 Å². The van der Waals surface area contributed by atoms with E-state index in [0.29, 0.717) is 29.9 Å². The maximum atomic E-state index is 12.0. The fraction of sp³-hybridized carbons (Fsp3) is 0.643. The van der Waals surface area contributed by atoms with E-state index in [9.17, 15) is 4.79 Å². The third kappa shape index (κ3) is 3.50. The number of nitrogens with zero attached hydrogens (tertiary/aromatic N) is 2. The van der Waals surface area contributed by atoms with Crippen LogP contribution in [0.4, 0.5) is 0 Å². The van der Waals surface area contributed by atoms with E-state index >= 15 is 0 Å². The SMILES string of the molecule is Cc1nccc(C(=O)NC[C@H]2CCO[C@@H]2C(C)C)n1. The normalized spacial score (nSPS) is 22.7. The van der Waals surface area contributed by atoms with Crippen LogP contribution >= 0.6 is 0 Å². The van der Waals surface area contributed by atoms with E-state index in [0.717, 1.165) is 13.0 Å². The van der Waals surface area contributed by atoms with E-state index < -0.39 is 0 Å². The van der Waals surface area contributed by atoms with Crippen molar-refractivity contribution in [1.82, 2.24) is 15.3 Å². The maximum absolute atomic E-state index is 12.0. The van der Waals surface area contributed by atoms with Crippen LogP contribution in [0.2, 0.25) is 0 Å². The molecule has 0 radical (unpaired) electrons. The lowest BCUT2D eigenvalue weighted by molar-refractivity contribution is 0.0533. The van der Waals surface area contributed by atoms with Gasteiger partial charge in [0, 0.05) is 25.3 Å². The Labute approximate surface area is 113 Å². The molecule has 1 aromatic rings. The first-order valence-electron chi connectivity index (χ1n) is 6.77. The van der Waals surface area contributed by atoms with Crippen molar-refractivity contribution in [3.8, 4) is 0 Å². The number of hydrogen-bond donors (Lipinski definition) is 1. The lowest BCUT2D eigenvalue weighted by atomic mass is 9.93. The minimum atomic E-state index is -0.139. The smallest absolute Gasteiger partial charge is 0.270 e. The average Bonchev–Trinajstić information content (AvgIpc) is 2.84. The summed E-state index contributed by atoms with van der Waals surface area (Å²) in [7, 11) is 0. The molecule has 0 unspecified atom stereocenters. The topological polar surface area (TPSA) is 64.1 Å². The number of carbonyl (C=O) groups excluding carboxylic acids is 1. The third-order valence-corrected chi connectivity index (χ3v) is 3.45. The third-order valence-electron chi connectivity index (χ3n) is 3.45. The Hall–Kier alpha value is -1.49. The van der Waals surface area contributed by atoms with Gasteiger partial charge in [-0.1, -0.05) is 13.8 Å². The number of hydrogen-bond acceptors (Lipinski definition) is 4. The lowest BCUT2D eigenvalue weighted by Gasteiger charge is -2.22. The number of aromatic nitrogens is 2. The van der Waals surface area contributed by atoms with Crippen LogP contribution in [0.1, 0.15) is 36.6 Å². The summed E-state index contributed by atoms with van der Waals surface area (Å²) in [6.45, 7) is 7.51. The molecule has 1 fully saturated rings. The van der Waals surface area contributed by atoms with Crippen molar-refractivity contribution in [3.63, 3.8) is 0 Å². The molecule has 1 aromatic heterocycles. The molecule has 0 aliphatic carbocycles. The zero-order chi connectivity index (χ0) is 13.8. The van der Waals surface area contributed by atoms with Gasteiger partial charge in [0.1, 0.15) is 11.5 Å². The Kier molecular flexibility index (Phi) is 4.47. The predicted molar refractivity (Wildman–Crippen MR) is 71.8 cm³/mol. The number of nitrogens with one attached hydrogen (secondary N) is 1. The molecule has 2 heterocycles. The van der Waals surface area contributed by atoms with Crippen LogP contribution in [-0.2, 0) is 4.74 Å². The van der Waals surface area contributed by atoms with Gasteiger partial charge in [0.2, 0.25) is 0 Å². The van der Waals surface area contributed by atoms with Gasteiger partial charge in [-0.15, -0.1) is 0 Å². The van der Waals surface area contributed by atoms with Gasteiger partial charge in [-0.05, 0) is 25.3 Å². The molecule has 1 aliphatic heterocycles. The largest absolute Gasteiger partial charge is 0.378 e. The summed E-state index contributed by atoms with van der Waals surface area (Å²) in [5.74, 6) is 1.34. The Bertz CT molecular complexity index is 448. The highest BCUT2D eigenvalue weighted by molar-refractivity contribution is 5.92. The summed E-state index contributed by atoms with van der Waals surface area (Å²) in [5, 5.41) is 2.94. The standard InChI is InChI=1S/C14H21N3O2/c1-9(2)13-11(5-7-19-13)8-16-14(18)12-4-6-15-10(3)17-12/h4,6,9,11,13H,5,7-8H2,1-3H3,(H,16,18)/t11-,13-/m1/s1. The molecular weight excluding hydrogens is 242 g/mol. The van der Waals surface area contributed by atoms with E-state index in [2.05, 4.69) is 29.1 Å². The quantitative estimate of drug-likeness (QED) is 0.895. The molecule has 1 aliphatic rings. The van der Waals surface area contributed by atoms with Crippen molar-refractivity contribution in [1.29, 1.82) is 0 Å². The van der Waals surface area contributed by atoms with Crippen LogP contribution in [-0.4, -0.2) is 35.1 Å². The van der Waals surface area contributed by atoms with Crippen molar-refractivity contribution in [3.05, 3.63) is 23.8 Å². The van der Waals surface area contributed by atoms with Gasteiger partial charge in [-0.2, -0.15) is 0 Å². The number of rotatable bonds is 4. The first-order chi connectivity index (χ1) is 9.08. The van der Waals surface area contributed by atoms with Crippen molar-refractivity contribution in [2.24, 2.45) is 11.8 Å². The fourth-order valence-corrected chi connectivity index (χ4v) is 2.51. The van der Waals surface area contributed by atoms with Gasteiger partial charge < -0.3 is 10.1 Å². The first-order valence-corrected chi connectivity index (χ1v) is 6.77. The Balaban J connectivity index is 1.90. The van der Waals surface area contributed by atoms with Gasteiger partial charge in [0.15, 0.2) is 0 Å². The lowest BCUT2D eigenvalue weighted by Crippen LogP contribution is -2.35. The van der Waals surface area contributed by atoms with E-state index in [4.69, 9.17) is 4.74 Å². The second kappa shape index (κ2) is 6.10. The van der Waals surface area contributed by atoms with Gasteiger partial charge in [-0.25, -0.2) is 9.97 Å². The maximum Gasteiger partial charge on any atom is 0.270 e. The molecule has 0 aromatic carbocycles. The molecular formula is C14H21N3O2. The number of aryl methyl sites for hydroxylation is 1. The minimum Gasteiger partial charge on any atom is -0.378 e. The number of amides is 1. The molecule has 1 N–H and O–H groups in total. The van der Waals surface area contributed by atoms with Gasteiger partial charge in [0.05, 0.1) is 6.10 Å². The first kappa shape index (κ1) is 13.9. The Morgan fingerprint density at radius 1 is 1.58 bits per heavy atom. The molecule has 104 valence electrons. The summed E-state index contributed by atoms with van der Waals surface area (Å²) < 4.78 is 5.71. The van der Waals surface area contributed by atoms with Crippen LogP contribution in [0.25, 0.3) is 0 Å². The molecule has 5 heteroatoms. The van der Waals surface area contributed by atoms with Crippen molar-refractivity contribution < 1.29 is 9.53 Å². The highest BCUT2D eigenvalue weighted by atomic mass is 16.5. The Morgan fingerprint density at radius 2 is 2.37 bits per heavy atom. The molecule has 0 bridgehead atoms. The summed E-state index contributed by atoms with van der Waals surface area (Å²) in [6, 6.07) is 1.63. The molecule has 2 atom stereocenters. The van der Waals surface area contributed by atoms with Crippen LogP contribution < -0.4 is 5.32 Å². The zero-order valence-electron chi connectivity index (χ0n) is 11.7. The van der Waals surface area contributed by atoms with Crippen molar-refractivity contribution >= 4 is 5.91 Å². The monoisotopic (exact) mass is 263 g/mol. The van der Waals surface area contributed by atoms with E-state index in [1.54, 1.807) is 19.2 Å². The summed E-state index contributed by atoms with van der Waals surface area (Å²) in [6.07, 6.45) is 2.85. The highest BCUT2D eigenvalue weighted by Crippen LogP contribution is 2.26. The molecule has 1 saturated heterocycles. The summed E-state index contributed by atoms with van der Waals surface area (Å²) >= 11 is 0. The second-order valence-electron chi connectivity index (χ2n) is 5.33. The van der Waals surface area contributed by atoms with Crippen LogP contribution in [0, 0.1) is 18.8 Å². The summed E-state index contributed by atoms with van der Waals surface area (Å²) in [4.78, 5) is 20.1. The molecule has 19 heavy (non-hydrogen) atoms. The second-order valence-corrected chi connectivity index (χ2v) is 5.33. The van der Waals surface area contributed by atoms with Crippen LogP contribution in [0.5, 0.6) is 0 Å². The zero-order valence-corrected chi connectivity index (χ0v) is 11.7. The van der Waals surface area contributed by atoms with Crippen LogP contribution in [0.3, 0.4) is 0 Å².